The van der Waals surface area contributed by atoms with E-state index in [4.69, 9.17) is 0 Å². The molecule has 1 aromatic heterocycles. The average Bonchev–Trinajstić information content (AvgIpc) is 2.88. The zero-order valence-corrected chi connectivity index (χ0v) is 13.8. The van der Waals surface area contributed by atoms with Crippen molar-refractivity contribution in [2.24, 2.45) is 0 Å². The van der Waals surface area contributed by atoms with Crippen LogP contribution in [0.3, 0.4) is 0 Å². The summed E-state index contributed by atoms with van der Waals surface area (Å²) in [5.74, 6) is 0. The van der Waals surface area contributed by atoms with Crippen LogP contribution in [0.15, 0.2) is 41.8 Å². The van der Waals surface area contributed by atoms with Crippen molar-refractivity contribution in [1.29, 1.82) is 0 Å². The molecule has 108 valence electrons. The van der Waals surface area contributed by atoms with E-state index in [9.17, 15) is 0 Å². The van der Waals surface area contributed by atoms with Crippen molar-refractivity contribution in [3.05, 3.63) is 57.8 Å². The van der Waals surface area contributed by atoms with E-state index >= 15 is 0 Å². The maximum Gasteiger partial charge on any atom is 0.0208 e. The molecule has 1 N–H and O–H groups in total. The average molecular weight is 287 g/mol. The summed E-state index contributed by atoms with van der Waals surface area (Å²) >= 11 is 1.84. The number of benzene rings is 1. The molecule has 0 fully saturated rings. The van der Waals surface area contributed by atoms with Gasteiger partial charge in [-0.1, -0.05) is 51.1 Å². The molecule has 1 nitrogen and oxygen atoms in total. The highest BCUT2D eigenvalue weighted by Crippen LogP contribution is 2.22. The molecule has 0 aliphatic rings. The van der Waals surface area contributed by atoms with Gasteiger partial charge < -0.3 is 5.32 Å². The van der Waals surface area contributed by atoms with Gasteiger partial charge in [0.15, 0.2) is 0 Å². The molecule has 0 spiro atoms. The highest BCUT2D eigenvalue weighted by atomic mass is 32.1. The molecule has 1 atom stereocenters. The lowest BCUT2D eigenvalue weighted by Crippen LogP contribution is -2.27. The maximum absolute atomic E-state index is 3.60. The van der Waals surface area contributed by atoms with Crippen molar-refractivity contribution in [2.45, 2.75) is 52.1 Å². The van der Waals surface area contributed by atoms with Gasteiger partial charge in [-0.25, -0.2) is 0 Å². The normalized spacial score (nSPS) is 13.4. The number of rotatable bonds is 5. The monoisotopic (exact) mass is 287 g/mol. The largest absolute Gasteiger partial charge is 0.310 e. The summed E-state index contributed by atoms with van der Waals surface area (Å²) in [5, 5.41) is 5.75. The molecule has 0 saturated heterocycles. The molecular weight excluding hydrogens is 262 g/mol. The van der Waals surface area contributed by atoms with Crippen LogP contribution in [-0.2, 0) is 18.4 Å². The molecule has 2 rings (SSSR count). The van der Waals surface area contributed by atoms with Crippen LogP contribution >= 0.6 is 11.3 Å². The van der Waals surface area contributed by atoms with Gasteiger partial charge in [0.25, 0.3) is 0 Å². The van der Waals surface area contributed by atoms with E-state index in [0.29, 0.717) is 6.04 Å². The van der Waals surface area contributed by atoms with Crippen LogP contribution in [0.1, 0.15) is 43.7 Å². The van der Waals surface area contributed by atoms with Crippen molar-refractivity contribution in [3.63, 3.8) is 0 Å². The van der Waals surface area contributed by atoms with E-state index in [1.54, 1.807) is 0 Å². The van der Waals surface area contributed by atoms with E-state index in [1.165, 1.54) is 16.0 Å². The molecule has 0 saturated carbocycles. The molecule has 1 heterocycles. The molecule has 1 unspecified atom stereocenters. The fourth-order valence-corrected chi connectivity index (χ4v) is 3.05. The zero-order valence-electron chi connectivity index (χ0n) is 12.9. The molecule has 0 aliphatic heterocycles. The van der Waals surface area contributed by atoms with E-state index in [2.05, 4.69) is 74.8 Å². The highest BCUT2D eigenvalue weighted by molar-refractivity contribution is 7.09. The molecule has 0 amide bonds. The first-order valence-electron chi connectivity index (χ1n) is 7.30. The van der Waals surface area contributed by atoms with Crippen LogP contribution in [0.4, 0.5) is 0 Å². The molecule has 2 heteroatoms. The maximum atomic E-state index is 3.60. The Morgan fingerprint density at radius 2 is 1.80 bits per heavy atom. The van der Waals surface area contributed by atoms with Gasteiger partial charge in [-0.05, 0) is 41.3 Å². The van der Waals surface area contributed by atoms with Crippen LogP contribution in [-0.4, -0.2) is 6.04 Å². The van der Waals surface area contributed by atoms with E-state index in [1.807, 2.05) is 11.3 Å². The van der Waals surface area contributed by atoms with Gasteiger partial charge in [0.1, 0.15) is 0 Å². The van der Waals surface area contributed by atoms with Gasteiger partial charge in [-0.2, -0.15) is 0 Å². The van der Waals surface area contributed by atoms with Crippen LogP contribution in [0.2, 0.25) is 0 Å². The number of hydrogen-bond donors (Lipinski definition) is 1. The van der Waals surface area contributed by atoms with Crippen LogP contribution in [0, 0.1) is 0 Å². The van der Waals surface area contributed by atoms with Crippen LogP contribution in [0.5, 0.6) is 0 Å². The topological polar surface area (TPSA) is 12.0 Å². The lowest BCUT2D eigenvalue weighted by Gasteiger charge is -2.19. The summed E-state index contributed by atoms with van der Waals surface area (Å²) in [4.78, 5) is 1.45. The molecule has 2 aromatic rings. The second-order valence-electron chi connectivity index (χ2n) is 6.51. The van der Waals surface area contributed by atoms with Gasteiger partial charge in [0.05, 0.1) is 0 Å². The smallest absolute Gasteiger partial charge is 0.0208 e. The van der Waals surface area contributed by atoms with Crippen molar-refractivity contribution in [1.82, 2.24) is 5.32 Å². The van der Waals surface area contributed by atoms with E-state index in [0.717, 1.165) is 13.0 Å². The minimum atomic E-state index is 0.235. The zero-order chi connectivity index (χ0) is 14.6. The molecular formula is C18H25NS. The number of thiophene rings is 1. The van der Waals surface area contributed by atoms with Crippen LogP contribution < -0.4 is 5.32 Å². The first kappa shape index (κ1) is 15.3. The predicted octanol–water partition coefficient (Wildman–Crippen LogP) is 4.77. The summed E-state index contributed by atoms with van der Waals surface area (Å²) in [6, 6.07) is 13.8. The minimum Gasteiger partial charge on any atom is -0.310 e. The summed E-state index contributed by atoms with van der Waals surface area (Å²) in [6.45, 7) is 9.95. The Morgan fingerprint density at radius 3 is 2.35 bits per heavy atom. The van der Waals surface area contributed by atoms with E-state index in [-0.39, 0.29) is 5.41 Å². The summed E-state index contributed by atoms with van der Waals surface area (Å²) < 4.78 is 0. The second-order valence-corrected chi connectivity index (χ2v) is 7.54. The number of nitrogens with one attached hydrogen (secondary N) is 1. The van der Waals surface area contributed by atoms with Gasteiger partial charge in [-0.15, -0.1) is 11.3 Å². The number of hydrogen-bond acceptors (Lipinski definition) is 2. The second kappa shape index (κ2) is 6.55. The molecule has 1 aromatic carbocycles. The summed E-state index contributed by atoms with van der Waals surface area (Å²) in [6.07, 6.45) is 1.11. The Balaban J connectivity index is 1.84. The minimum absolute atomic E-state index is 0.235. The van der Waals surface area contributed by atoms with Crippen molar-refractivity contribution in [2.75, 3.05) is 0 Å². The molecule has 0 radical (unpaired) electrons. The third-order valence-corrected chi connectivity index (χ3v) is 4.46. The fraction of sp³-hybridized carbons (Fsp3) is 0.444. The summed E-state index contributed by atoms with van der Waals surface area (Å²) in [7, 11) is 0. The Kier molecular flexibility index (Phi) is 5.00. The van der Waals surface area contributed by atoms with Gasteiger partial charge in [0.2, 0.25) is 0 Å². The van der Waals surface area contributed by atoms with Crippen molar-refractivity contribution in [3.8, 4) is 0 Å². The Labute approximate surface area is 127 Å². The van der Waals surface area contributed by atoms with E-state index < -0.39 is 0 Å². The van der Waals surface area contributed by atoms with Gasteiger partial charge in [-0.3, -0.25) is 0 Å². The third-order valence-electron chi connectivity index (χ3n) is 3.56. The molecule has 0 bridgehead atoms. The molecule has 20 heavy (non-hydrogen) atoms. The van der Waals surface area contributed by atoms with Crippen molar-refractivity contribution < 1.29 is 0 Å². The lowest BCUT2D eigenvalue weighted by atomic mass is 9.87. The Bertz CT molecular complexity index is 505. The lowest BCUT2D eigenvalue weighted by molar-refractivity contribution is 0.547. The Hall–Kier alpha value is -1.12. The van der Waals surface area contributed by atoms with Gasteiger partial charge in [0, 0.05) is 17.5 Å². The Morgan fingerprint density at radius 1 is 1.10 bits per heavy atom. The molecule has 0 aliphatic carbocycles. The summed E-state index contributed by atoms with van der Waals surface area (Å²) in [5.41, 5.74) is 2.99. The first-order chi connectivity index (χ1) is 9.45. The predicted molar refractivity (Wildman–Crippen MR) is 89.5 cm³/mol. The van der Waals surface area contributed by atoms with Gasteiger partial charge >= 0.3 is 0 Å². The van der Waals surface area contributed by atoms with Crippen molar-refractivity contribution >= 4 is 11.3 Å². The van der Waals surface area contributed by atoms with Crippen LogP contribution in [0.25, 0.3) is 0 Å². The standard InChI is InChI=1S/C18H25NS/c1-14(12-17-6-5-11-20-17)19-13-15-7-9-16(10-8-15)18(2,3)4/h5-11,14,19H,12-13H2,1-4H3. The highest BCUT2D eigenvalue weighted by Gasteiger charge is 2.12. The quantitative estimate of drug-likeness (QED) is 0.835. The SMILES string of the molecule is CC(Cc1cccs1)NCc1ccc(C(C)(C)C)cc1. The fourth-order valence-electron chi connectivity index (χ4n) is 2.22. The first-order valence-corrected chi connectivity index (χ1v) is 8.18. The third kappa shape index (κ3) is 4.46.